The van der Waals surface area contributed by atoms with Crippen molar-refractivity contribution in [1.82, 2.24) is 10.2 Å². The van der Waals surface area contributed by atoms with Crippen molar-refractivity contribution in [3.05, 3.63) is 93.6 Å². The van der Waals surface area contributed by atoms with Gasteiger partial charge in [-0.3, -0.25) is 9.59 Å². The van der Waals surface area contributed by atoms with Gasteiger partial charge >= 0.3 is 6.03 Å². The monoisotopic (exact) mass is 533 g/mol. The summed E-state index contributed by atoms with van der Waals surface area (Å²) in [5, 5.41) is 5.51. The highest BCUT2D eigenvalue weighted by Gasteiger charge is 2.35. The summed E-state index contributed by atoms with van der Waals surface area (Å²) in [5.74, 6) is -0.321. The Hall–Kier alpha value is -4.30. The highest BCUT2D eigenvalue weighted by Crippen LogP contribution is 2.38. The number of rotatable bonds is 9. The maximum atomic E-state index is 12.9. The molecule has 9 heteroatoms. The average molecular weight is 534 g/mol. The van der Waals surface area contributed by atoms with E-state index in [4.69, 9.17) is 21.1 Å². The molecule has 0 unspecified atom stereocenters. The Bertz CT molecular complexity index is 1400. The lowest BCUT2D eigenvalue weighted by Crippen LogP contribution is -2.38. The van der Waals surface area contributed by atoms with Gasteiger partial charge in [0.1, 0.15) is 18.8 Å². The highest BCUT2D eigenvalue weighted by molar-refractivity contribution is 6.32. The first-order valence-electron chi connectivity index (χ1n) is 12.1. The first-order valence-corrected chi connectivity index (χ1v) is 12.5. The van der Waals surface area contributed by atoms with Gasteiger partial charge < -0.3 is 20.1 Å². The number of nitrogens with zero attached hydrogens (tertiary/aromatic N) is 1. The van der Waals surface area contributed by atoms with E-state index in [9.17, 15) is 14.4 Å². The summed E-state index contributed by atoms with van der Waals surface area (Å²) in [6, 6.07) is 17.8. The molecule has 4 amide bonds. The van der Waals surface area contributed by atoms with E-state index in [1.54, 1.807) is 30.3 Å². The zero-order chi connectivity index (χ0) is 27.2. The van der Waals surface area contributed by atoms with Crippen LogP contribution in [-0.4, -0.2) is 35.9 Å². The first-order chi connectivity index (χ1) is 18.2. The summed E-state index contributed by atoms with van der Waals surface area (Å²) < 4.78 is 11.7. The molecule has 0 bridgehead atoms. The molecule has 3 aromatic carbocycles. The minimum atomic E-state index is -0.685. The van der Waals surface area contributed by atoms with Crippen LogP contribution in [0.2, 0.25) is 5.02 Å². The van der Waals surface area contributed by atoms with E-state index < -0.39 is 24.4 Å². The molecule has 0 atom stereocenters. The summed E-state index contributed by atoms with van der Waals surface area (Å²) in [5.41, 5.74) is 4.23. The van der Waals surface area contributed by atoms with Crippen LogP contribution in [0.3, 0.4) is 0 Å². The van der Waals surface area contributed by atoms with Crippen molar-refractivity contribution in [2.24, 2.45) is 0 Å². The normalized spacial score (nSPS) is 14.0. The predicted octanol–water partition coefficient (Wildman–Crippen LogP) is 5.47. The molecule has 0 spiro atoms. The molecular weight excluding hydrogens is 506 g/mol. The average Bonchev–Trinajstić information content (AvgIpc) is 3.12. The quantitative estimate of drug-likeness (QED) is 0.281. The number of halogens is 1. The molecule has 2 N–H and O–H groups in total. The van der Waals surface area contributed by atoms with Gasteiger partial charge in [-0.25, -0.2) is 9.69 Å². The molecule has 4 rings (SSSR count). The van der Waals surface area contributed by atoms with Gasteiger partial charge in [0, 0.05) is 5.69 Å². The standard InChI is InChI=1S/C29H28ClN3O5/c1-4-37-25-15-21(13-23(30)27(25)38-17-20-10-8-18(2)9-11-20)14-24-28(35)33(29(36)32-24)16-26(34)31-22-7-5-6-19(3)12-22/h5-15H,4,16-17H2,1-3H3,(H,31,34)(H,32,36)/b24-14+. The lowest BCUT2D eigenvalue weighted by atomic mass is 10.1. The summed E-state index contributed by atoms with van der Waals surface area (Å²) in [6.45, 7) is 6.00. The van der Waals surface area contributed by atoms with E-state index in [2.05, 4.69) is 10.6 Å². The molecule has 0 aromatic heterocycles. The van der Waals surface area contributed by atoms with Gasteiger partial charge in [0.15, 0.2) is 11.5 Å². The molecular formula is C29H28ClN3O5. The zero-order valence-corrected chi connectivity index (χ0v) is 22.1. The molecule has 0 radical (unpaired) electrons. The molecule has 0 aliphatic carbocycles. The van der Waals surface area contributed by atoms with Crippen molar-refractivity contribution in [1.29, 1.82) is 0 Å². The van der Waals surface area contributed by atoms with Gasteiger partial charge in [-0.1, -0.05) is 53.6 Å². The Kier molecular flexibility index (Phi) is 8.33. The molecule has 1 aliphatic rings. The van der Waals surface area contributed by atoms with Gasteiger partial charge in [-0.2, -0.15) is 0 Å². The Morgan fingerprint density at radius 1 is 1.03 bits per heavy atom. The molecule has 1 aliphatic heterocycles. The molecule has 0 saturated carbocycles. The van der Waals surface area contributed by atoms with Gasteiger partial charge in [0.05, 0.1) is 11.6 Å². The smallest absolute Gasteiger partial charge is 0.329 e. The second-order valence-corrected chi connectivity index (χ2v) is 9.24. The number of urea groups is 1. The predicted molar refractivity (Wildman–Crippen MR) is 146 cm³/mol. The zero-order valence-electron chi connectivity index (χ0n) is 21.3. The SMILES string of the molecule is CCOc1cc(/C=C2/NC(=O)N(CC(=O)Nc3cccc(C)c3)C2=O)cc(Cl)c1OCc1ccc(C)cc1. The van der Waals surface area contributed by atoms with Crippen molar-refractivity contribution in [2.75, 3.05) is 18.5 Å². The second kappa shape index (κ2) is 11.8. The number of hydrogen-bond donors (Lipinski definition) is 2. The Morgan fingerprint density at radius 2 is 1.79 bits per heavy atom. The summed E-state index contributed by atoms with van der Waals surface area (Å²) in [6.07, 6.45) is 1.48. The van der Waals surface area contributed by atoms with E-state index >= 15 is 0 Å². The molecule has 1 fully saturated rings. The summed E-state index contributed by atoms with van der Waals surface area (Å²) in [4.78, 5) is 38.7. The van der Waals surface area contributed by atoms with Crippen LogP contribution in [0.4, 0.5) is 10.5 Å². The van der Waals surface area contributed by atoms with E-state index in [1.165, 1.54) is 6.08 Å². The topological polar surface area (TPSA) is 97.0 Å². The first kappa shape index (κ1) is 26.8. The minimum Gasteiger partial charge on any atom is -0.490 e. The molecule has 1 saturated heterocycles. The number of amides is 4. The van der Waals surface area contributed by atoms with E-state index in [0.717, 1.165) is 21.6 Å². The third-order valence-electron chi connectivity index (χ3n) is 5.71. The van der Waals surface area contributed by atoms with Crippen LogP contribution >= 0.6 is 11.6 Å². The summed E-state index contributed by atoms with van der Waals surface area (Å²) in [7, 11) is 0. The van der Waals surface area contributed by atoms with Crippen molar-refractivity contribution in [3.8, 4) is 11.5 Å². The van der Waals surface area contributed by atoms with Crippen molar-refractivity contribution in [2.45, 2.75) is 27.4 Å². The van der Waals surface area contributed by atoms with Gasteiger partial charge in [-0.15, -0.1) is 0 Å². The number of nitrogens with one attached hydrogen (secondary N) is 2. The lowest BCUT2D eigenvalue weighted by Gasteiger charge is -2.15. The van der Waals surface area contributed by atoms with Crippen LogP contribution in [0, 0.1) is 13.8 Å². The largest absolute Gasteiger partial charge is 0.490 e. The minimum absolute atomic E-state index is 0.0187. The van der Waals surface area contributed by atoms with Crippen LogP contribution in [0.15, 0.2) is 66.4 Å². The Morgan fingerprint density at radius 3 is 2.50 bits per heavy atom. The fourth-order valence-corrected chi connectivity index (χ4v) is 4.14. The van der Waals surface area contributed by atoms with Crippen LogP contribution in [0.25, 0.3) is 6.08 Å². The van der Waals surface area contributed by atoms with Crippen molar-refractivity contribution >= 4 is 41.2 Å². The van der Waals surface area contributed by atoms with E-state index in [1.807, 2.05) is 51.1 Å². The lowest BCUT2D eigenvalue weighted by molar-refractivity contribution is -0.127. The maximum Gasteiger partial charge on any atom is 0.329 e. The van der Waals surface area contributed by atoms with E-state index in [0.29, 0.717) is 41.0 Å². The molecule has 38 heavy (non-hydrogen) atoms. The fraction of sp³-hybridized carbons (Fsp3) is 0.207. The number of carbonyl (C=O) groups is 3. The second-order valence-electron chi connectivity index (χ2n) is 8.83. The Labute approximate surface area is 226 Å². The number of imide groups is 1. The molecule has 8 nitrogen and oxygen atoms in total. The number of anilines is 1. The maximum absolute atomic E-state index is 12.9. The van der Waals surface area contributed by atoms with Crippen molar-refractivity contribution in [3.63, 3.8) is 0 Å². The van der Waals surface area contributed by atoms with Crippen LogP contribution in [-0.2, 0) is 16.2 Å². The number of aryl methyl sites for hydroxylation is 2. The third-order valence-corrected chi connectivity index (χ3v) is 5.99. The molecule has 3 aromatic rings. The van der Waals surface area contributed by atoms with Crippen LogP contribution < -0.4 is 20.1 Å². The Balaban J connectivity index is 1.48. The van der Waals surface area contributed by atoms with Gasteiger partial charge in [0.2, 0.25) is 5.91 Å². The van der Waals surface area contributed by atoms with Crippen LogP contribution in [0.1, 0.15) is 29.2 Å². The number of benzene rings is 3. The molecule has 196 valence electrons. The number of hydrogen-bond acceptors (Lipinski definition) is 5. The fourth-order valence-electron chi connectivity index (χ4n) is 3.86. The summed E-state index contributed by atoms with van der Waals surface area (Å²) >= 11 is 6.53. The highest BCUT2D eigenvalue weighted by atomic mass is 35.5. The third kappa shape index (κ3) is 6.52. The molecule has 1 heterocycles. The van der Waals surface area contributed by atoms with Crippen LogP contribution in [0.5, 0.6) is 11.5 Å². The number of ether oxygens (including phenoxy) is 2. The van der Waals surface area contributed by atoms with E-state index in [-0.39, 0.29) is 5.70 Å². The van der Waals surface area contributed by atoms with Crippen molar-refractivity contribution < 1.29 is 23.9 Å². The van der Waals surface area contributed by atoms with Gasteiger partial charge in [-0.05, 0) is 67.8 Å². The number of carbonyl (C=O) groups excluding carboxylic acids is 3. The van der Waals surface area contributed by atoms with Gasteiger partial charge in [0.25, 0.3) is 5.91 Å².